The fourth-order valence-corrected chi connectivity index (χ4v) is 3.35. The van der Waals surface area contributed by atoms with Gasteiger partial charge in [-0.1, -0.05) is 30.3 Å². The smallest absolute Gasteiger partial charge is 0.329 e. The number of ether oxygens (including phenoxy) is 1. The third-order valence-electron chi connectivity index (χ3n) is 5.05. The second-order valence-corrected chi connectivity index (χ2v) is 7.54. The molecule has 35 heavy (non-hydrogen) atoms. The molecule has 2 aromatic carbocycles. The lowest BCUT2D eigenvalue weighted by atomic mass is 10.2. The van der Waals surface area contributed by atoms with Gasteiger partial charge in [-0.3, -0.25) is 24.5 Å². The molecule has 180 valence electrons. The van der Waals surface area contributed by atoms with E-state index in [1.54, 1.807) is 30.3 Å². The van der Waals surface area contributed by atoms with Crippen LogP contribution in [0.25, 0.3) is 11.2 Å². The number of aliphatic hydroxyl groups excluding tert-OH is 1. The summed E-state index contributed by atoms with van der Waals surface area (Å²) in [7, 11) is 1.45. The number of nitrogens with one attached hydrogen (secondary N) is 2. The number of nitro groups is 1. The number of rotatable bonds is 9. The van der Waals surface area contributed by atoms with E-state index in [0.29, 0.717) is 11.3 Å². The Bertz CT molecular complexity index is 1510. The van der Waals surface area contributed by atoms with Crippen molar-refractivity contribution in [3.8, 4) is 5.75 Å². The number of nitro benzene ring substituents is 1. The number of imidazole rings is 1. The maximum atomic E-state index is 12.6. The topological polar surface area (TPSA) is 170 Å². The van der Waals surface area contributed by atoms with Gasteiger partial charge in [0.25, 0.3) is 11.2 Å². The standard InChI is InChI=1S/C22H21N7O6/c1-27-19-18(20(31)25-22(27)32)28(12-16(30)13-35-17-8-3-2-4-9-17)21(24-19)26-23-11-14-6-5-7-15(10-14)29(33)34/h2-11,16,30H,12-13H2,1H3,(H,24,26)(H,25,31,32)/b23-11+/t16-/m0/s1. The lowest BCUT2D eigenvalue weighted by Crippen LogP contribution is -2.30. The summed E-state index contributed by atoms with van der Waals surface area (Å²) in [6.45, 7) is -0.164. The number of hydrogen-bond donors (Lipinski definition) is 3. The summed E-state index contributed by atoms with van der Waals surface area (Å²) in [6.07, 6.45) is 0.306. The zero-order chi connectivity index (χ0) is 24.9. The number of aromatic amines is 1. The van der Waals surface area contributed by atoms with Crippen LogP contribution in [-0.2, 0) is 13.6 Å². The average Bonchev–Trinajstić information content (AvgIpc) is 3.20. The Labute approximate surface area is 197 Å². The molecule has 2 heterocycles. The molecule has 0 saturated heterocycles. The number of aliphatic hydroxyl groups is 1. The van der Waals surface area contributed by atoms with Crippen LogP contribution < -0.4 is 21.4 Å². The fraction of sp³-hybridized carbons (Fsp3) is 0.182. The maximum absolute atomic E-state index is 12.6. The minimum atomic E-state index is -1.04. The first-order valence-corrected chi connectivity index (χ1v) is 10.4. The van der Waals surface area contributed by atoms with Crippen molar-refractivity contribution in [1.29, 1.82) is 0 Å². The van der Waals surface area contributed by atoms with Crippen LogP contribution in [0.3, 0.4) is 0 Å². The number of aryl methyl sites for hydroxylation is 1. The number of aromatic nitrogens is 4. The van der Waals surface area contributed by atoms with Gasteiger partial charge in [0.05, 0.1) is 17.7 Å². The summed E-state index contributed by atoms with van der Waals surface area (Å²) in [5, 5.41) is 25.6. The number of hydrazone groups is 1. The summed E-state index contributed by atoms with van der Waals surface area (Å²) >= 11 is 0. The maximum Gasteiger partial charge on any atom is 0.329 e. The molecule has 0 fully saturated rings. The third-order valence-corrected chi connectivity index (χ3v) is 5.05. The normalized spacial score (nSPS) is 12.2. The van der Waals surface area contributed by atoms with Crippen molar-refractivity contribution in [2.45, 2.75) is 12.6 Å². The van der Waals surface area contributed by atoms with Crippen molar-refractivity contribution in [2.24, 2.45) is 12.1 Å². The van der Waals surface area contributed by atoms with Crippen molar-refractivity contribution >= 4 is 29.0 Å². The van der Waals surface area contributed by atoms with E-state index in [4.69, 9.17) is 4.74 Å². The van der Waals surface area contributed by atoms with E-state index in [-0.39, 0.29) is 36.0 Å². The first-order valence-electron chi connectivity index (χ1n) is 10.4. The Balaban J connectivity index is 1.62. The van der Waals surface area contributed by atoms with E-state index in [1.807, 2.05) is 6.07 Å². The molecule has 3 N–H and O–H groups in total. The zero-order valence-electron chi connectivity index (χ0n) is 18.5. The lowest BCUT2D eigenvalue weighted by molar-refractivity contribution is -0.384. The Kier molecular flexibility index (Phi) is 6.69. The molecule has 0 bridgehead atoms. The summed E-state index contributed by atoms with van der Waals surface area (Å²) in [5.74, 6) is 0.648. The van der Waals surface area contributed by atoms with Crippen molar-refractivity contribution in [2.75, 3.05) is 12.0 Å². The van der Waals surface area contributed by atoms with Gasteiger partial charge in [0.1, 0.15) is 18.5 Å². The summed E-state index contributed by atoms with van der Waals surface area (Å²) in [4.78, 5) is 41.6. The Morgan fingerprint density at radius 2 is 2.03 bits per heavy atom. The van der Waals surface area contributed by atoms with Crippen LogP contribution in [0.1, 0.15) is 5.56 Å². The SMILES string of the molecule is Cn1c(=O)[nH]c(=O)c2c1nc(N/N=C/c1cccc([N+](=O)[O-])c1)n2C[C@H](O)COc1ccccc1. The van der Waals surface area contributed by atoms with E-state index in [1.165, 1.54) is 36.0 Å². The van der Waals surface area contributed by atoms with Crippen LogP contribution in [0.4, 0.5) is 11.6 Å². The molecule has 13 heteroatoms. The largest absolute Gasteiger partial charge is 0.491 e. The Hall–Kier alpha value is -4.78. The van der Waals surface area contributed by atoms with E-state index in [0.717, 1.165) is 4.57 Å². The predicted octanol–water partition coefficient (Wildman–Crippen LogP) is 1.22. The molecule has 0 aliphatic rings. The minimum absolute atomic E-state index is 0.0545. The molecule has 0 aliphatic heterocycles. The molecule has 1 atom stereocenters. The molecule has 0 unspecified atom stereocenters. The van der Waals surface area contributed by atoms with Crippen molar-refractivity contribution in [1.82, 2.24) is 19.1 Å². The van der Waals surface area contributed by atoms with E-state index in [2.05, 4.69) is 20.5 Å². The van der Waals surface area contributed by atoms with Crippen LogP contribution in [0, 0.1) is 10.1 Å². The molecule has 0 radical (unpaired) electrons. The third kappa shape index (κ3) is 5.25. The highest BCUT2D eigenvalue weighted by Gasteiger charge is 2.20. The van der Waals surface area contributed by atoms with Gasteiger partial charge in [-0.15, -0.1) is 0 Å². The monoisotopic (exact) mass is 479 g/mol. The van der Waals surface area contributed by atoms with Crippen molar-refractivity contribution in [3.05, 3.63) is 91.1 Å². The first-order chi connectivity index (χ1) is 16.8. The van der Waals surface area contributed by atoms with Gasteiger partial charge in [0.15, 0.2) is 11.2 Å². The summed E-state index contributed by atoms with van der Waals surface area (Å²) in [6, 6.07) is 14.8. The van der Waals surface area contributed by atoms with E-state index < -0.39 is 22.3 Å². The van der Waals surface area contributed by atoms with Gasteiger partial charge in [-0.25, -0.2) is 10.2 Å². The second kappa shape index (κ2) is 10.0. The Morgan fingerprint density at radius 3 is 2.77 bits per heavy atom. The number of para-hydroxylation sites is 1. The number of non-ortho nitro benzene ring substituents is 1. The average molecular weight is 479 g/mol. The molecule has 0 amide bonds. The van der Waals surface area contributed by atoms with Crippen LogP contribution in [0.15, 0.2) is 69.3 Å². The van der Waals surface area contributed by atoms with E-state index in [9.17, 15) is 24.8 Å². The summed E-state index contributed by atoms with van der Waals surface area (Å²) < 4.78 is 8.13. The highest BCUT2D eigenvalue weighted by atomic mass is 16.6. The zero-order valence-corrected chi connectivity index (χ0v) is 18.5. The number of H-pyrrole nitrogens is 1. The number of benzene rings is 2. The molecule has 4 rings (SSSR count). The molecular weight excluding hydrogens is 458 g/mol. The van der Waals surface area contributed by atoms with Crippen LogP contribution in [-0.4, -0.2) is 48.1 Å². The van der Waals surface area contributed by atoms with Crippen LogP contribution in [0.5, 0.6) is 5.75 Å². The van der Waals surface area contributed by atoms with Crippen LogP contribution >= 0.6 is 0 Å². The lowest BCUT2D eigenvalue weighted by Gasteiger charge is -2.15. The molecule has 4 aromatic rings. The molecular formula is C22H21N7O6. The van der Waals surface area contributed by atoms with Gasteiger partial charge >= 0.3 is 5.69 Å². The van der Waals surface area contributed by atoms with Gasteiger partial charge < -0.3 is 14.4 Å². The number of anilines is 1. The van der Waals surface area contributed by atoms with Gasteiger partial charge in [0.2, 0.25) is 5.95 Å². The fourth-order valence-electron chi connectivity index (χ4n) is 3.35. The predicted molar refractivity (Wildman–Crippen MR) is 128 cm³/mol. The van der Waals surface area contributed by atoms with Crippen LogP contribution in [0.2, 0.25) is 0 Å². The molecule has 13 nitrogen and oxygen atoms in total. The highest BCUT2D eigenvalue weighted by Crippen LogP contribution is 2.17. The molecule has 0 saturated carbocycles. The number of nitrogens with zero attached hydrogens (tertiary/aromatic N) is 5. The highest BCUT2D eigenvalue weighted by molar-refractivity contribution is 5.81. The molecule has 2 aromatic heterocycles. The van der Waals surface area contributed by atoms with Crippen molar-refractivity contribution < 1.29 is 14.8 Å². The second-order valence-electron chi connectivity index (χ2n) is 7.54. The minimum Gasteiger partial charge on any atom is -0.491 e. The van der Waals surface area contributed by atoms with Crippen molar-refractivity contribution in [3.63, 3.8) is 0 Å². The summed E-state index contributed by atoms with van der Waals surface area (Å²) in [5.41, 5.74) is 1.86. The van der Waals surface area contributed by atoms with Gasteiger partial charge in [-0.05, 0) is 12.1 Å². The number of hydrogen-bond acceptors (Lipinski definition) is 9. The Morgan fingerprint density at radius 1 is 1.26 bits per heavy atom. The van der Waals surface area contributed by atoms with Gasteiger partial charge in [-0.2, -0.15) is 10.1 Å². The quantitative estimate of drug-likeness (QED) is 0.183. The van der Waals surface area contributed by atoms with E-state index >= 15 is 0 Å². The first kappa shape index (κ1) is 23.4. The number of fused-ring (bicyclic) bond motifs is 1. The molecule has 0 aliphatic carbocycles. The molecule has 0 spiro atoms. The van der Waals surface area contributed by atoms with Gasteiger partial charge in [0, 0.05) is 24.7 Å².